The highest BCUT2D eigenvalue weighted by molar-refractivity contribution is 5.42. The van der Waals surface area contributed by atoms with E-state index in [4.69, 9.17) is 9.47 Å². The summed E-state index contributed by atoms with van der Waals surface area (Å²) in [5, 5.41) is 12.7. The molecule has 0 aliphatic carbocycles. The second-order valence-corrected chi connectivity index (χ2v) is 3.80. The Labute approximate surface area is 103 Å². The van der Waals surface area contributed by atoms with E-state index in [9.17, 15) is 5.11 Å². The Morgan fingerprint density at radius 3 is 2.59 bits per heavy atom. The van der Waals surface area contributed by atoms with E-state index in [0.717, 1.165) is 30.0 Å². The van der Waals surface area contributed by atoms with Gasteiger partial charge < -0.3 is 19.9 Å². The summed E-state index contributed by atoms with van der Waals surface area (Å²) in [5.74, 6) is 1.48. The lowest BCUT2D eigenvalue weighted by molar-refractivity contribution is 0.241. The summed E-state index contributed by atoms with van der Waals surface area (Å²) in [6.07, 6.45) is 1.02. The highest BCUT2D eigenvalue weighted by Crippen LogP contribution is 2.29. The molecule has 1 aromatic carbocycles. The molecular weight excluding hydrogens is 218 g/mol. The topological polar surface area (TPSA) is 50.7 Å². The van der Waals surface area contributed by atoms with E-state index in [-0.39, 0.29) is 12.6 Å². The number of hydrogen-bond acceptors (Lipinski definition) is 4. The fourth-order valence-electron chi connectivity index (χ4n) is 1.70. The largest absolute Gasteiger partial charge is 0.497 e. The molecule has 17 heavy (non-hydrogen) atoms. The maximum absolute atomic E-state index is 9.40. The molecule has 0 bridgehead atoms. The first kappa shape index (κ1) is 13.8. The highest BCUT2D eigenvalue weighted by Gasteiger charge is 2.15. The summed E-state index contributed by atoms with van der Waals surface area (Å²) in [4.78, 5) is 0. The third-order valence-corrected chi connectivity index (χ3v) is 2.64. The van der Waals surface area contributed by atoms with E-state index in [1.165, 1.54) is 0 Å². The van der Waals surface area contributed by atoms with Crippen LogP contribution in [0.3, 0.4) is 0 Å². The van der Waals surface area contributed by atoms with Gasteiger partial charge in [0.2, 0.25) is 0 Å². The molecule has 1 aromatic rings. The van der Waals surface area contributed by atoms with Crippen molar-refractivity contribution in [1.29, 1.82) is 0 Å². The van der Waals surface area contributed by atoms with E-state index < -0.39 is 0 Å². The van der Waals surface area contributed by atoms with Crippen LogP contribution in [0, 0.1) is 0 Å². The molecule has 0 aromatic heterocycles. The molecular formula is C13H21NO3. The zero-order chi connectivity index (χ0) is 12.7. The maximum Gasteiger partial charge on any atom is 0.127 e. The summed E-state index contributed by atoms with van der Waals surface area (Å²) in [6, 6.07) is 5.51. The zero-order valence-electron chi connectivity index (χ0n) is 10.7. The number of aliphatic hydroxyl groups excluding tert-OH is 1. The highest BCUT2D eigenvalue weighted by atomic mass is 16.5. The number of benzene rings is 1. The quantitative estimate of drug-likeness (QED) is 0.761. The van der Waals surface area contributed by atoms with Gasteiger partial charge in [-0.3, -0.25) is 0 Å². The van der Waals surface area contributed by atoms with Crippen LogP contribution in [0.1, 0.15) is 24.9 Å². The number of ether oxygens (including phenoxy) is 2. The number of hydrogen-bond donors (Lipinski definition) is 2. The van der Waals surface area contributed by atoms with Gasteiger partial charge in [-0.15, -0.1) is 0 Å². The van der Waals surface area contributed by atoms with Crippen LogP contribution in [-0.4, -0.2) is 32.5 Å². The SMILES string of the molecule is CCCNC(CO)c1ccc(OC)cc1OC. The average molecular weight is 239 g/mol. The van der Waals surface area contributed by atoms with Crippen molar-refractivity contribution in [1.82, 2.24) is 5.32 Å². The van der Waals surface area contributed by atoms with Crippen molar-refractivity contribution >= 4 is 0 Å². The molecule has 0 saturated heterocycles. The van der Waals surface area contributed by atoms with E-state index in [1.54, 1.807) is 14.2 Å². The molecule has 0 amide bonds. The van der Waals surface area contributed by atoms with Crippen molar-refractivity contribution in [3.05, 3.63) is 23.8 Å². The molecule has 0 fully saturated rings. The lowest BCUT2D eigenvalue weighted by Crippen LogP contribution is -2.25. The minimum atomic E-state index is -0.101. The minimum absolute atomic E-state index is 0.0443. The zero-order valence-corrected chi connectivity index (χ0v) is 10.7. The van der Waals surface area contributed by atoms with Crippen LogP contribution in [0.5, 0.6) is 11.5 Å². The van der Waals surface area contributed by atoms with E-state index >= 15 is 0 Å². The predicted molar refractivity (Wildman–Crippen MR) is 67.7 cm³/mol. The van der Waals surface area contributed by atoms with Gasteiger partial charge in [-0.25, -0.2) is 0 Å². The van der Waals surface area contributed by atoms with Gasteiger partial charge >= 0.3 is 0 Å². The second kappa shape index (κ2) is 7.14. The lowest BCUT2D eigenvalue weighted by atomic mass is 10.1. The van der Waals surface area contributed by atoms with Crippen LogP contribution in [0.4, 0.5) is 0 Å². The van der Waals surface area contributed by atoms with Crippen LogP contribution >= 0.6 is 0 Å². The second-order valence-electron chi connectivity index (χ2n) is 3.80. The third-order valence-electron chi connectivity index (χ3n) is 2.64. The normalized spacial score (nSPS) is 12.2. The number of rotatable bonds is 7. The molecule has 0 heterocycles. The van der Waals surface area contributed by atoms with Crippen molar-refractivity contribution in [2.24, 2.45) is 0 Å². The number of methoxy groups -OCH3 is 2. The summed E-state index contributed by atoms with van der Waals surface area (Å²) in [6.45, 7) is 3.00. The first-order chi connectivity index (χ1) is 8.26. The Morgan fingerprint density at radius 1 is 1.29 bits per heavy atom. The fraction of sp³-hybridized carbons (Fsp3) is 0.538. The Balaban J connectivity index is 2.93. The Bertz CT molecular complexity index is 341. The van der Waals surface area contributed by atoms with Crippen molar-refractivity contribution in [2.45, 2.75) is 19.4 Å². The van der Waals surface area contributed by atoms with Crippen molar-refractivity contribution in [3.63, 3.8) is 0 Å². The smallest absolute Gasteiger partial charge is 0.127 e. The lowest BCUT2D eigenvalue weighted by Gasteiger charge is -2.19. The number of nitrogens with one attached hydrogen (secondary N) is 1. The maximum atomic E-state index is 9.40. The monoisotopic (exact) mass is 239 g/mol. The van der Waals surface area contributed by atoms with Crippen LogP contribution in [0.2, 0.25) is 0 Å². The molecule has 0 radical (unpaired) electrons. The summed E-state index contributed by atoms with van der Waals surface area (Å²) < 4.78 is 10.5. The summed E-state index contributed by atoms with van der Waals surface area (Å²) in [5.41, 5.74) is 0.948. The van der Waals surface area contributed by atoms with Gasteiger partial charge in [-0.2, -0.15) is 0 Å². The Morgan fingerprint density at radius 2 is 2.06 bits per heavy atom. The minimum Gasteiger partial charge on any atom is -0.497 e. The van der Waals surface area contributed by atoms with Gasteiger partial charge in [0, 0.05) is 11.6 Å². The molecule has 0 aliphatic heterocycles. The summed E-state index contributed by atoms with van der Waals surface area (Å²) >= 11 is 0. The first-order valence-corrected chi connectivity index (χ1v) is 5.83. The van der Waals surface area contributed by atoms with Gasteiger partial charge in [0.15, 0.2) is 0 Å². The van der Waals surface area contributed by atoms with Crippen molar-refractivity contribution in [2.75, 3.05) is 27.4 Å². The standard InChI is InChI=1S/C13H21NO3/c1-4-7-14-12(9-15)11-6-5-10(16-2)8-13(11)17-3/h5-6,8,12,14-15H,4,7,9H2,1-3H3. The molecule has 0 saturated carbocycles. The predicted octanol–water partition coefficient (Wildman–Crippen LogP) is 1.74. The van der Waals surface area contributed by atoms with Gasteiger partial charge in [0.1, 0.15) is 11.5 Å². The van der Waals surface area contributed by atoms with Gasteiger partial charge in [-0.1, -0.05) is 6.92 Å². The van der Waals surface area contributed by atoms with Crippen molar-refractivity contribution < 1.29 is 14.6 Å². The molecule has 4 heteroatoms. The Kier molecular flexibility index (Phi) is 5.80. The third kappa shape index (κ3) is 3.61. The molecule has 2 N–H and O–H groups in total. The molecule has 0 aliphatic rings. The van der Waals surface area contributed by atoms with Gasteiger partial charge in [-0.05, 0) is 25.1 Å². The van der Waals surface area contributed by atoms with Crippen LogP contribution < -0.4 is 14.8 Å². The molecule has 1 unspecified atom stereocenters. The van der Waals surface area contributed by atoms with Gasteiger partial charge in [0.25, 0.3) is 0 Å². The molecule has 0 spiro atoms. The van der Waals surface area contributed by atoms with Crippen LogP contribution in [0.15, 0.2) is 18.2 Å². The van der Waals surface area contributed by atoms with E-state index in [1.807, 2.05) is 18.2 Å². The molecule has 4 nitrogen and oxygen atoms in total. The van der Waals surface area contributed by atoms with Crippen LogP contribution in [-0.2, 0) is 0 Å². The molecule has 1 rings (SSSR count). The van der Waals surface area contributed by atoms with E-state index in [0.29, 0.717) is 0 Å². The van der Waals surface area contributed by atoms with Crippen molar-refractivity contribution in [3.8, 4) is 11.5 Å². The van der Waals surface area contributed by atoms with Gasteiger partial charge in [0.05, 0.1) is 26.9 Å². The fourth-order valence-corrected chi connectivity index (χ4v) is 1.70. The van der Waals surface area contributed by atoms with E-state index in [2.05, 4.69) is 12.2 Å². The Hall–Kier alpha value is -1.26. The number of aliphatic hydroxyl groups is 1. The summed E-state index contributed by atoms with van der Waals surface area (Å²) in [7, 11) is 3.24. The first-order valence-electron chi connectivity index (χ1n) is 5.83. The average Bonchev–Trinajstić information content (AvgIpc) is 2.39. The molecule has 1 atom stereocenters. The molecule has 96 valence electrons. The van der Waals surface area contributed by atoms with Crippen LogP contribution in [0.25, 0.3) is 0 Å².